The zero-order valence-electron chi connectivity index (χ0n) is 11.8. The van der Waals surface area contributed by atoms with E-state index in [0.29, 0.717) is 24.5 Å². The Balaban J connectivity index is 1.89. The minimum absolute atomic E-state index is 0.0492. The number of para-hydroxylation sites is 1. The van der Waals surface area contributed by atoms with Crippen LogP contribution in [0.25, 0.3) is 11.0 Å². The third kappa shape index (κ3) is 2.04. The molecule has 1 N–H and O–H groups in total. The van der Waals surface area contributed by atoms with Crippen LogP contribution in [0.5, 0.6) is 0 Å². The average molecular weight is 287 g/mol. The molecule has 0 atom stereocenters. The monoisotopic (exact) mass is 287 g/mol. The van der Waals surface area contributed by atoms with Gasteiger partial charge in [0.1, 0.15) is 0 Å². The van der Waals surface area contributed by atoms with Crippen LogP contribution in [0.4, 0.5) is 0 Å². The summed E-state index contributed by atoms with van der Waals surface area (Å²) >= 11 is 0. The summed E-state index contributed by atoms with van der Waals surface area (Å²) in [5, 5.41) is 2.90. The number of aromatic nitrogens is 2. The number of hydrogen-bond donors (Lipinski definition) is 1. The molecule has 4 heteroatoms. The number of nitrogens with zero attached hydrogens (tertiary/aromatic N) is 2. The molecule has 0 unspecified atom stereocenters. The smallest absolute Gasteiger partial charge is 0.253 e. The lowest BCUT2D eigenvalue weighted by Crippen LogP contribution is -2.24. The molecule has 106 valence electrons. The van der Waals surface area contributed by atoms with Crippen molar-refractivity contribution in [3.05, 3.63) is 65.5 Å². The molecule has 1 aromatic heterocycles. The fraction of sp³-hybridized carbons (Fsp3) is 0.111. The van der Waals surface area contributed by atoms with Gasteiger partial charge < -0.3 is 9.88 Å². The van der Waals surface area contributed by atoms with Crippen molar-refractivity contribution in [2.24, 2.45) is 0 Å². The Hall–Kier alpha value is -3.06. The van der Waals surface area contributed by atoms with Gasteiger partial charge in [0.15, 0.2) is 5.82 Å². The van der Waals surface area contributed by atoms with Crippen molar-refractivity contribution in [3.8, 4) is 11.8 Å². The lowest BCUT2D eigenvalue weighted by molar-refractivity contribution is 0.0956. The third-order valence-electron chi connectivity index (χ3n) is 3.72. The van der Waals surface area contributed by atoms with Crippen molar-refractivity contribution < 1.29 is 4.79 Å². The molecule has 0 saturated heterocycles. The molecule has 0 saturated carbocycles. The van der Waals surface area contributed by atoms with Gasteiger partial charge in [-0.1, -0.05) is 30.2 Å². The minimum atomic E-state index is -0.0492. The summed E-state index contributed by atoms with van der Waals surface area (Å²) in [6.45, 7) is 1.26. The van der Waals surface area contributed by atoms with Crippen molar-refractivity contribution in [3.63, 3.8) is 0 Å². The number of nitrogens with one attached hydrogen (secondary N) is 1. The largest absolute Gasteiger partial charge is 0.350 e. The summed E-state index contributed by atoms with van der Waals surface area (Å²) in [4.78, 5) is 16.7. The predicted molar refractivity (Wildman–Crippen MR) is 84.5 cm³/mol. The van der Waals surface area contributed by atoms with Crippen molar-refractivity contribution in [2.45, 2.75) is 6.54 Å². The molecule has 0 fully saturated rings. The molecule has 4 nitrogen and oxygen atoms in total. The molecule has 1 amide bonds. The van der Waals surface area contributed by atoms with Crippen LogP contribution < -0.4 is 5.32 Å². The van der Waals surface area contributed by atoms with E-state index >= 15 is 0 Å². The van der Waals surface area contributed by atoms with E-state index in [1.165, 1.54) is 0 Å². The van der Waals surface area contributed by atoms with Crippen molar-refractivity contribution >= 4 is 16.9 Å². The van der Waals surface area contributed by atoms with Gasteiger partial charge in [-0.15, -0.1) is 0 Å². The highest BCUT2D eigenvalue weighted by Gasteiger charge is 2.19. The molecule has 1 aliphatic rings. The normalized spacial score (nSPS) is 13.2. The van der Waals surface area contributed by atoms with E-state index in [1.54, 1.807) is 0 Å². The Morgan fingerprint density at radius 3 is 2.77 bits per heavy atom. The Morgan fingerprint density at radius 1 is 1.05 bits per heavy atom. The molecule has 1 aliphatic heterocycles. The highest BCUT2D eigenvalue weighted by molar-refractivity contribution is 6.05. The van der Waals surface area contributed by atoms with E-state index < -0.39 is 0 Å². The van der Waals surface area contributed by atoms with Gasteiger partial charge in [-0.2, -0.15) is 0 Å². The fourth-order valence-corrected chi connectivity index (χ4v) is 2.71. The summed E-state index contributed by atoms with van der Waals surface area (Å²) < 4.78 is 2.03. The number of imidazole rings is 1. The second-order valence-corrected chi connectivity index (χ2v) is 5.13. The van der Waals surface area contributed by atoms with Crippen molar-refractivity contribution in [2.75, 3.05) is 6.54 Å². The number of carbonyl (C=O) groups excluding carboxylic acids is 1. The van der Waals surface area contributed by atoms with Gasteiger partial charge >= 0.3 is 0 Å². The van der Waals surface area contributed by atoms with Gasteiger partial charge in [-0.05, 0) is 30.2 Å². The molecule has 0 radical (unpaired) electrons. The Kier molecular flexibility index (Phi) is 2.90. The lowest BCUT2D eigenvalue weighted by atomic mass is 10.2. The average Bonchev–Trinajstić information content (AvgIpc) is 2.82. The van der Waals surface area contributed by atoms with Gasteiger partial charge in [0, 0.05) is 18.7 Å². The van der Waals surface area contributed by atoms with Gasteiger partial charge in [-0.3, -0.25) is 4.79 Å². The van der Waals surface area contributed by atoms with Crippen molar-refractivity contribution in [1.82, 2.24) is 14.9 Å². The minimum Gasteiger partial charge on any atom is -0.350 e. The quantitative estimate of drug-likeness (QED) is 0.644. The number of hydrogen-bond acceptors (Lipinski definition) is 2. The zero-order valence-corrected chi connectivity index (χ0v) is 11.8. The Bertz CT molecular complexity index is 929. The maximum atomic E-state index is 12.1. The lowest BCUT2D eigenvalue weighted by Gasteiger charge is -2.01. The van der Waals surface area contributed by atoms with Gasteiger partial charge in [0.25, 0.3) is 5.91 Å². The van der Waals surface area contributed by atoms with Crippen LogP contribution in [0.3, 0.4) is 0 Å². The summed E-state index contributed by atoms with van der Waals surface area (Å²) in [7, 11) is 0. The van der Waals surface area contributed by atoms with Crippen LogP contribution in [-0.2, 0) is 6.54 Å². The van der Waals surface area contributed by atoms with Crippen LogP contribution in [0.15, 0.2) is 48.5 Å². The molecule has 22 heavy (non-hydrogen) atoms. The molecule has 0 spiro atoms. The van der Waals surface area contributed by atoms with E-state index in [0.717, 1.165) is 16.6 Å². The molecule has 0 bridgehead atoms. The summed E-state index contributed by atoms with van der Waals surface area (Å²) in [5.74, 6) is 6.92. The zero-order chi connectivity index (χ0) is 14.9. The maximum absolute atomic E-state index is 12.1. The van der Waals surface area contributed by atoms with E-state index in [9.17, 15) is 4.79 Å². The topological polar surface area (TPSA) is 46.9 Å². The highest BCUT2D eigenvalue weighted by atomic mass is 16.1. The third-order valence-corrected chi connectivity index (χ3v) is 3.72. The summed E-state index contributed by atoms with van der Waals surface area (Å²) in [6.07, 6.45) is 0. The first-order valence-electron chi connectivity index (χ1n) is 7.17. The second kappa shape index (κ2) is 5.05. The first-order chi connectivity index (χ1) is 10.8. The number of rotatable bonds is 0. The van der Waals surface area contributed by atoms with Crippen LogP contribution in [0.2, 0.25) is 0 Å². The fourth-order valence-electron chi connectivity index (χ4n) is 2.71. The number of benzene rings is 2. The van der Waals surface area contributed by atoms with Crippen LogP contribution in [0, 0.1) is 11.8 Å². The Morgan fingerprint density at radius 2 is 1.91 bits per heavy atom. The SMILES string of the molecule is O=C1NCCn2c(C#Cc3ccccc3)nc3cccc1c32. The number of carbonyl (C=O) groups is 1. The van der Waals surface area contributed by atoms with Crippen LogP contribution >= 0.6 is 0 Å². The predicted octanol–water partition coefficient (Wildman–Crippen LogP) is 2.18. The van der Waals surface area contributed by atoms with Gasteiger partial charge in [-0.25, -0.2) is 4.98 Å². The van der Waals surface area contributed by atoms with E-state index in [-0.39, 0.29) is 5.91 Å². The van der Waals surface area contributed by atoms with E-state index in [4.69, 9.17) is 0 Å². The Labute approximate surface area is 127 Å². The van der Waals surface area contributed by atoms with E-state index in [1.807, 2.05) is 53.1 Å². The first kappa shape index (κ1) is 12.7. The molecule has 3 aromatic rings. The van der Waals surface area contributed by atoms with Crippen LogP contribution in [0.1, 0.15) is 21.7 Å². The molecule has 2 aromatic carbocycles. The highest BCUT2D eigenvalue weighted by Crippen LogP contribution is 2.22. The molecule has 2 heterocycles. The second-order valence-electron chi connectivity index (χ2n) is 5.13. The molecular weight excluding hydrogens is 274 g/mol. The summed E-state index contributed by atoms with van der Waals surface area (Å²) in [6, 6.07) is 15.4. The maximum Gasteiger partial charge on any atom is 0.253 e. The standard InChI is InChI=1S/C18H13N3O/c22-18-14-7-4-8-15-17(14)21(12-11-19-18)16(20-15)10-9-13-5-2-1-3-6-13/h1-8H,11-12H2,(H,19,22). The molecular formula is C18H13N3O. The van der Waals surface area contributed by atoms with Gasteiger partial charge in [0.2, 0.25) is 0 Å². The molecule has 4 rings (SSSR count). The van der Waals surface area contributed by atoms with Crippen molar-refractivity contribution in [1.29, 1.82) is 0 Å². The first-order valence-corrected chi connectivity index (χ1v) is 7.17. The summed E-state index contributed by atoms with van der Waals surface area (Å²) in [5.41, 5.74) is 3.29. The number of amides is 1. The molecule has 0 aliphatic carbocycles. The van der Waals surface area contributed by atoms with Gasteiger partial charge in [0.05, 0.1) is 16.6 Å². The van der Waals surface area contributed by atoms with E-state index in [2.05, 4.69) is 22.1 Å². The van der Waals surface area contributed by atoms with Crippen LogP contribution in [-0.4, -0.2) is 22.0 Å².